The first-order chi connectivity index (χ1) is 16.3. The number of anilines is 1. The van der Waals surface area contributed by atoms with Gasteiger partial charge < -0.3 is 10.1 Å². The maximum atomic E-state index is 13.5. The molecule has 0 aliphatic carbocycles. The Labute approximate surface area is 201 Å². The van der Waals surface area contributed by atoms with Gasteiger partial charge in [-0.15, -0.1) is 11.3 Å². The Morgan fingerprint density at radius 2 is 1.76 bits per heavy atom. The second-order valence-electron chi connectivity index (χ2n) is 8.00. The molecule has 34 heavy (non-hydrogen) atoms. The molecule has 7 nitrogen and oxygen atoms in total. The van der Waals surface area contributed by atoms with Gasteiger partial charge in [0.25, 0.3) is 5.56 Å². The fraction of sp³-hybridized carbons (Fsp3) is 0.231. The summed E-state index contributed by atoms with van der Waals surface area (Å²) in [6, 6.07) is 13.6. The number of nitrogens with zero attached hydrogens (tertiary/aromatic N) is 2. The maximum absolute atomic E-state index is 13.5. The first-order valence-electron chi connectivity index (χ1n) is 11.0. The van der Waals surface area contributed by atoms with Gasteiger partial charge in [-0.3, -0.25) is 14.2 Å². The summed E-state index contributed by atoms with van der Waals surface area (Å²) in [7, 11) is 0. The van der Waals surface area contributed by atoms with E-state index in [-0.39, 0.29) is 18.1 Å². The minimum atomic E-state index is -0.791. The molecular formula is C26H25N3O4S. The van der Waals surface area contributed by atoms with Crippen molar-refractivity contribution in [3.8, 4) is 11.1 Å². The number of aromatic nitrogens is 2. The molecule has 0 aliphatic rings. The first-order valence-corrected chi connectivity index (χ1v) is 11.8. The summed E-state index contributed by atoms with van der Waals surface area (Å²) in [5, 5.41) is 3.32. The van der Waals surface area contributed by atoms with Crippen molar-refractivity contribution in [3.63, 3.8) is 0 Å². The molecule has 0 spiro atoms. The lowest BCUT2D eigenvalue weighted by Gasteiger charge is -2.15. The molecule has 8 heteroatoms. The summed E-state index contributed by atoms with van der Waals surface area (Å²) in [6.07, 6.45) is 1.42. The van der Waals surface area contributed by atoms with Crippen LogP contribution in [0.3, 0.4) is 0 Å². The van der Waals surface area contributed by atoms with Crippen LogP contribution >= 0.6 is 11.3 Å². The largest absolute Gasteiger partial charge is 0.462 e. The van der Waals surface area contributed by atoms with Gasteiger partial charge in [-0.05, 0) is 57.5 Å². The molecule has 1 unspecified atom stereocenters. The standard InChI is InChI=1S/C26H25N3O4S/c1-5-33-26(32)19-10-12-20(13-11-19)28-23(30)16(3)29-14-27-24-22(25(29)31)21(17(4)34-24)18-8-6-15(2)7-9-18/h6-14,16H,5H2,1-4H3,(H,28,30). The third kappa shape index (κ3) is 4.49. The van der Waals surface area contributed by atoms with E-state index in [0.717, 1.165) is 21.6 Å². The highest BCUT2D eigenvalue weighted by molar-refractivity contribution is 7.19. The van der Waals surface area contributed by atoms with Gasteiger partial charge in [-0.2, -0.15) is 0 Å². The molecule has 2 aromatic carbocycles. The molecule has 2 aromatic heterocycles. The van der Waals surface area contributed by atoms with E-state index in [9.17, 15) is 14.4 Å². The van der Waals surface area contributed by atoms with Crippen LogP contribution in [0.1, 0.15) is 40.7 Å². The van der Waals surface area contributed by atoms with Gasteiger partial charge in [0.15, 0.2) is 0 Å². The number of fused-ring (bicyclic) bond motifs is 1. The average Bonchev–Trinajstić information content (AvgIpc) is 3.16. The van der Waals surface area contributed by atoms with E-state index in [4.69, 9.17) is 4.74 Å². The van der Waals surface area contributed by atoms with Crippen LogP contribution in [-0.4, -0.2) is 28.0 Å². The third-order valence-corrected chi connectivity index (χ3v) is 6.63. The van der Waals surface area contributed by atoms with E-state index in [1.54, 1.807) is 38.1 Å². The highest BCUT2D eigenvalue weighted by Crippen LogP contribution is 2.35. The number of hydrogen-bond donors (Lipinski definition) is 1. The van der Waals surface area contributed by atoms with Crippen LogP contribution < -0.4 is 10.9 Å². The topological polar surface area (TPSA) is 90.3 Å². The lowest BCUT2D eigenvalue weighted by molar-refractivity contribution is -0.118. The molecule has 0 radical (unpaired) electrons. The second kappa shape index (κ2) is 9.61. The summed E-state index contributed by atoms with van der Waals surface area (Å²) < 4.78 is 6.33. The van der Waals surface area contributed by atoms with E-state index in [0.29, 0.717) is 21.5 Å². The molecule has 2 heterocycles. The molecule has 0 saturated carbocycles. The maximum Gasteiger partial charge on any atom is 0.338 e. The van der Waals surface area contributed by atoms with Gasteiger partial charge >= 0.3 is 5.97 Å². The number of esters is 1. The summed E-state index contributed by atoms with van der Waals surface area (Å²) >= 11 is 1.47. The Bertz CT molecular complexity index is 1420. The molecule has 1 N–H and O–H groups in total. The Balaban J connectivity index is 1.63. The molecule has 0 aliphatic heterocycles. The van der Waals surface area contributed by atoms with Gasteiger partial charge in [0.1, 0.15) is 10.9 Å². The molecule has 4 rings (SSSR count). The van der Waals surface area contributed by atoms with Crippen LogP contribution in [0, 0.1) is 13.8 Å². The molecule has 0 bridgehead atoms. The smallest absolute Gasteiger partial charge is 0.338 e. The van der Waals surface area contributed by atoms with E-state index in [1.807, 2.05) is 38.1 Å². The summed E-state index contributed by atoms with van der Waals surface area (Å²) in [4.78, 5) is 44.3. The highest BCUT2D eigenvalue weighted by Gasteiger charge is 2.22. The van der Waals surface area contributed by atoms with Crippen LogP contribution in [0.25, 0.3) is 21.3 Å². The van der Waals surface area contributed by atoms with Crippen molar-refractivity contribution in [2.45, 2.75) is 33.7 Å². The lowest BCUT2D eigenvalue weighted by Crippen LogP contribution is -2.31. The molecule has 0 saturated heterocycles. The number of carbonyl (C=O) groups is 2. The number of nitrogens with one attached hydrogen (secondary N) is 1. The molecule has 1 atom stereocenters. The van der Waals surface area contributed by atoms with Crippen molar-refractivity contribution >= 4 is 39.1 Å². The molecule has 4 aromatic rings. The number of thiophene rings is 1. The van der Waals surface area contributed by atoms with E-state index in [2.05, 4.69) is 10.3 Å². The average molecular weight is 476 g/mol. The lowest BCUT2D eigenvalue weighted by atomic mass is 10.0. The number of benzene rings is 2. The second-order valence-corrected chi connectivity index (χ2v) is 9.20. The molecular weight excluding hydrogens is 450 g/mol. The predicted octanol–water partition coefficient (Wildman–Crippen LogP) is 5.12. The van der Waals surface area contributed by atoms with Crippen LogP contribution in [0.15, 0.2) is 59.7 Å². The van der Waals surface area contributed by atoms with Gasteiger partial charge in [-0.1, -0.05) is 29.8 Å². The fourth-order valence-corrected chi connectivity index (χ4v) is 4.74. The van der Waals surface area contributed by atoms with E-state index >= 15 is 0 Å². The minimum Gasteiger partial charge on any atom is -0.462 e. The Morgan fingerprint density at radius 3 is 2.41 bits per heavy atom. The summed E-state index contributed by atoms with van der Waals surface area (Å²) in [5.74, 6) is -0.786. The number of hydrogen-bond acceptors (Lipinski definition) is 6. The fourth-order valence-electron chi connectivity index (χ4n) is 3.74. The number of ether oxygens (including phenoxy) is 1. The van der Waals surface area contributed by atoms with Gasteiger partial charge in [0.05, 0.1) is 23.9 Å². The van der Waals surface area contributed by atoms with Crippen LogP contribution in [0.2, 0.25) is 0 Å². The zero-order valence-corrected chi connectivity index (χ0v) is 20.2. The Hall–Kier alpha value is -3.78. The molecule has 0 fully saturated rings. The van der Waals surface area contributed by atoms with Gasteiger partial charge in [0.2, 0.25) is 5.91 Å². The Kier molecular flexibility index (Phi) is 6.61. The normalized spacial score (nSPS) is 11.9. The van der Waals surface area contributed by atoms with Gasteiger partial charge in [-0.25, -0.2) is 9.78 Å². The van der Waals surface area contributed by atoms with Crippen molar-refractivity contribution in [3.05, 3.63) is 81.2 Å². The van der Waals surface area contributed by atoms with E-state index < -0.39 is 12.0 Å². The number of aryl methyl sites for hydroxylation is 2. The number of carbonyl (C=O) groups excluding carboxylic acids is 2. The SMILES string of the molecule is CCOC(=O)c1ccc(NC(=O)C(C)n2cnc3sc(C)c(-c4ccc(C)cc4)c3c2=O)cc1. The molecule has 1 amide bonds. The third-order valence-electron chi connectivity index (χ3n) is 5.61. The highest BCUT2D eigenvalue weighted by atomic mass is 32.1. The Morgan fingerprint density at radius 1 is 1.09 bits per heavy atom. The van der Waals surface area contributed by atoms with Crippen LogP contribution in [-0.2, 0) is 9.53 Å². The monoisotopic (exact) mass is 475 g/mol. The van der Waals surface area contributed by atoms with Crippen molar-refractivity contribution in [2.24, 2.45) is 0 Å². The van der Waals surface area contributed by atoms with E-state index in [1.165, 1.54) is 22.2 Å². The molecule has 174 valence electrons. The summed E-state index contributed by atoms with van der Waals surface area (Å²) in [5.41, 5.74) is 3.59. The quantitative estimate of drug-likeness (QED) is 0.391. The zero-order chi connectivity index (χ0) is 24.4. The van der Waals surface area contributed by atoms with Crippen molar-refractivity contribution in [2.75, 3.05) is 11.9 Å². The minimum absolute atomic E-state index is 0.259. The van der Waals surface area contributed by atoms with Crippen molar-refractivity contribution < 1.29 is 14.3 Å². The summed E-state index contributed by atoms with van der Waals surface area (Å²) in [6.45, 7) is 7.67. The number of rotatable bonds is 6. The van der Waals surface area contributed by atoms with Crippen molar-refractivity contribution in [1.82, 2.24) is 9.55 Å². The first kappa shape index (κ1) is 23.4. The zero-order valence-electron chi connectivity index (χ0n) is 19.4. The van der Waals surface area contributed by atoms with Gasteiger partial charge in [0, 0.05) is 16.1 Å². The van der Waals surface area contributed by atoms with Crippen molar-refractivity contribution in [1.29, 1.82) is 0 Å². The predicted molar refractivity (Wildman–Crippen MR) is 135 cm³/mol. The number of amides is 1. The van der Waals surface area contributed by atoms with Crippen LogP contribution in [0.5, 0.6) is 0 Å². The van der Waals surface area contributed by atoms with Crippen LogP contribution in [0.4, 0.5) is 5.69 Å².